The fraction of sp³-hybridized carbons (Fsp3) is 0.818. The molecule has 2 rings (SSSR count). The van der Waals surface area contributed by atoms with E-state index >= 15 is 0 Å². The van der Waals surface area contributed by atoms with Crippen molar-refractivity contribution in [3.05, 3.63) is 11.9 Å². The van der Waals surface area contributed by atoms with Crippen molar-refractivity contribution < 1.29 is 0 Å². The zero-order valence-corrected chi connectivity index (χ0v) is 9.95. The molecule has 3 N–H and O–H groups in total. The van der Waals surface area contributed by atoms with Crippen molar-refractivity contribution in [1.82, 2.24) is 20.3 Å². The standard InChI is InChI=1S/C11H21N5/c1-2-11(4-3-5-11)13-8-10-9-16(7-6-12)15-14-10/h9,13H,2-8,12H2,1H3. The second-order valence-electron chi connectivity index (χ2n) is 4.60. The minimum Gasteiger partial charge on any atom is -0.329 e. The summed E-state index contributed by atoms with van der Waals surface area (Å²) in [6, 6.07) is 0. The van der Waals surface area contributed by atoms with Crippen molar-refractivity contribution >= 4 is 0 Å². The van der Waals surface area contributed by atoms with Gasteiger partial charge in [-0.1, -0.05) is 12.1 Å². The average molecular weight is 223 g/mol. The van der Waals surface area contributed by atoms with Gasteiger partial charge >= 0.3 is 0 Å². The number of nitrogens with two attached hydrogens (primary N) is 1. The number of hydrogen-bond donors (Lipinski definition) is 2. The lowest BCUT2D eigenvalue weighted by molar-refractivity contribution is 0.175. The number of hydrogen-bond acceptors (Lipinski definition) is 4. The van der Waals surface area contributed by atoms with Gasteiger partial charge in [-0.05, 0) is 25.7 Å². The van der Waals surface area contributed by atoms with E-state index in [9.17, 15) is 0 Å². The Morgan fingerprint density at radius 2 is 2.38 bits per heavy atom. The zero-order chi connectivity index (χ0) is 11.4. The molecular formula is C11H21N5. The van der Waals surface area contributed by atoms with Gasteiger partial charge in [-0.3, -0.25) is 4.68 Å². The van der Waals surface area contributed by atoms with Crippen molar-refractivity contribution in [2.75, 3.05) is 6.54 Å². The van der Waals surface area contributed by atoms with E-state index in [0.29, 0.717) is 12.1 Å². The number of rotatable bonds is 6. The fourth-order valence-corrected chi connectivity index (χ4v) is 2.20. The van der Waals surface area contributed by atoms with Gasteiger partial charge in [0, 0.05) is 24.8 Å². The maximum absolute atomic E-state index is 5.46. The third kappa shape index (κ3) is 2.41. The first-order valence-corrected chi connectivity index (χ1v) is 6.12. The largest absolute Gasteiger partial charge is 0.329 e. The van der Waals surface area contributed by atoms with E-state index in [0.717, 1.165) is 18.8 Å². The highest BCUT2D eigenvalue weighted by Gasteiger charge is 2.34. The molecule has 1 aliphatic rings. The van der Waals surface area contributed by atoms with Crippen LogP contribution in [0.1, 0.15) is 38.3 Å². The van der Waals surface area contributed by atoms with Gasteiger partial charge in [0.1, 0.15) is 0 Å². The third-order valence-corrected chi connectivity index (χ3v) is 3.58. The van der Waals surface area contributed by atoms with E-state index in [1.807, 2.05) is 6.20 Å². The monoisotopic (exact) mass is 223 g/mol. The molecule has 0 radical (unpaired) electrons. The summed E-state index contributed by atoms with van der Waals surface area (Å²) in [5.74, 6) is 0. The Kier molecular flexibility index (Phi) is 3.56. The van der Waals surface area contributed by atoms with Crippen molar-refractivity contribution in [1.29, 1.82) is 0 Å². The molecule has 1 aliphatic carbocycles. The molecule has 0 bridgehead atoms. The van der Waals surface area contributed by atoms with Crippen molar-refractivity contribution in [2.45, 2.75) is 51.2 Å². The molecule has 1 aromatic heterocycles. The summed E-state index contributed by atoms with van der Waals surface area (Å²) in [6.45, 7) is 4.41. The summed E-state index contributed by atoms with van der Waals surface area (Å²) in [5, 5.41) is 11.8. The van der Waals surface area contributed by atoms with E-state index in [-0.39, 0.29) is 0 Å². The molecule has 1 heterocycles. The minimum atomic E-state index is 0.373. The van der Waals surface area contributed by atoms with Gasteiger partial charge in [0.15, 0.2) is 0 Å². The third-order valence-electron chi connectivity index (χ3n) is 3.58. The van der Waals surface area contributed by atoms with Gasteiger partial charge in [-0.15, -0.1) is 5.10 Å². The zero-order valence-electron chi connectivity index (χ0n) is 9.95. The van der Waals surface area contributed by atoms with Crippen LogP contribution in [-0.4, -0.2) is 27.1 Å². The summed E-state index contributed by atoms with van der Waals surface area (Å²) in [7, 11) is 0. The van der Waals surface area contributed by atoms with Crippen molar-refractivity contribution in [3.63, 3.8) is 0 Å². The van der Waals surface area contributed by atoms with Crippen LogP contribution in [0.4, 0.5) is 0 Å². The first kappa shape index (κ1) is 11.5. The normalized spacial score (nSPS) is 18.4. The van der Waals surface area contributed by atoms with Crippen LogP contribution < -0.4 is 11.1 Å². The van der Waals surface area contributed by atoms with E-state index in [4.69, 9.17) is 5.73 Å². The molecule has 0 saturated heterocycles. The minimum absolute atomic E-state index is 0.373. The molecule has 1 aromatic rings. The molecule has 0 aliphatic heterocycles. The summed E-state index contributed by atoms with van der Waals surface area (Å²) in [4.78, 5) is 0. The van der Waals surface area contributed by atoms with Crippen LogP contribution in [0.3, 0.4) is 0 Å². The number of nitrogens with one attached hydrogen (secondary N) is 1. The van der Waals surface area contributed by atoms with Gasteiger partial charge in [0.05, 0.1) is 12.2 Å². The lowest BCUT2D eigenvalue weighted by atomic mass is 9.75. The molecule has 90 valence electrons. The van der Waals surface area contributed by atoms with Gasteiger partial charge in [-0.2, -0.15) is 0 Å². The Morgan fingerprint density at radius 3 is 2.94 bits per heavy atom. The van der Waals surface area contributed by atoms with Crippen LogP contribution in [0.2, 0.25) is 0 Å². The van der Waals surface area contributed by atoms with Crippen LogP contribution in [0, 0.1) is 0 Å². The summed E-state index contributed by atoms with van der Waals surface area (Å²) in [6.07, 6.45) is 7.10. The van der Waals surface area contributed by atoms with Crippen LogP contribution >= 0.6 is 0 Å². The van der Waals surface area contributed by atoms with Crippen molar-refractivity contribution in [2.24, 2.45) is 5.73 Å². The molecule has 1 fully saturated rings. The predicted octanol–water partition coefficient (Wildman–Crippen LogP) is 0.659. The molecule has 0 spiro atoms. The van der Waals surface area contributed by atoms with Crippen LogP contribution in [-0.2, 0) is 13.1 Å². The lowest BCUT2D eigenvalue weighted by Gasteiger charge is -2.42. The molecular weight excluding hydrogens is 202 g/mol. The summed E-state index contributed by atoms with van der Waals surface area (Å²) in [5.41, 5.74) is 6.84. The highest BCUT2D eigenvalue weighted by Crippen LogP contribution is 2.34. The average Bonchev–Trinajstić information content (AvgIpc) is 2.66. The van der Waals surface area contributed by atoms with E-state index < -0.39 is 0 Å². The molecule has 16 heavy (non-hydrogen) atoms. The van der Waals surface area contributed by atoms with E-state index in [2.05, 4.69) is 22.6 Å². The van der Waals surface area contributed by atoms with Crippen LogP contribution in [0.5, 0.6) is 0 Å². The van der Waals surface area contributed by atoms with Gasteiger partial charge in [0.25, 0.3) is 0 Å². The maximum atomic E-state index is 5.46. The second kappa shape index (κ2) is 4.93. The SMILES string of the molecule is CCC1(NCc2cn(CCN)nn2)CCC1. The molecule has 5 heteroatoms. The number of aromatic nitrogens is 3. The van der Waals surface area contributed by atoms with Gasteiger partial charge in [-0.25, -0.2) is 0 Å². The lowest BCUT2D eigenvalue weighted by Crippen LogP contribution is -2.49. The quantitative estimate of drug-likeness (QED) is 0.743. The molecule has 1 saturated carbocycles. The smallest absolute Gasteiger partial charge is 0.0965 e. The Balaban J connectivity index is 1.84. The Hall–Kier alpha value is -0.940. The molecule has 0 aromatic carbocycles. The summed E-state index contributed by atoms with van der Waals surface area (Å²) < 4.78 is 1.80. The Bertz CT molecular complexity index is 323. The van der Waals surface area contributed by atoms with E-state index in [1.54, 1.807) is 4.68 Å². The number of nitrogens with zero attached hydrogens (tertiary/aromatic N) is 3. The first-order chi connectivity index (χ1) is 7.78. The molecule has 0 atom stereocenters. The molecule has 0 unspecified atom stereocenters. The van der Waals surface area contributed by atoms with Crippen LogP contribution in [0.15, 0.2) is 6.20 Å². The van der Waals surface area contributed by atoms with E-state index in [1.165, 1.54) is 25.7 Å². The van der Waals surface area contributed by atoms with Crippen molar-refractivity contribution in [3.8, 4) is 0 Å². The Morgan fingerprint density at radius 1 is 1.56 bits per heavy atom. The summed E-state index contributed by atoms with van der Waals surface area (Å²) >= 11 is 0. The second-order valence-corrected chi connectivity index (χ2v) is 4.60. The Labute approximate surface area is 96.4 Å². The van der Waals surface area contributed by atoms with Crippen LogP contribution in [0.25, 0.3) is 0 Å². The molecule has 5 nitrogen and oxygen atoms in total. The topological polar surface area (TPSA) is 68.8 Å². The predicted molar refractivity (Wildman–Crippen MR) is 62.8 cm³/mol. The van der Waals surface area contributed by atoms with Gasteiger partial charge < -0.3 is 11.1 Å². The maximum Gasteiger partial charge on any atom is 0.0965 e. The highest BCUT2D eigenvalue weighted by atomic mass is 15.4. The fourth-order valence-electron chi connectivity index (χ4n) is 2.20. The first-order valence-electron chi connectivity index (χ1n) is 6.12. The highest BCUT2D eigenvalue weighted by molar-refractivity contribution is 4.99. The van der Waals surface area contributed by atoms with Gasteiger partial charge in [0.2, 0.25) is 0 Å². The molecule has 0 amide bonds.